The lowest BCUT2D eigenvalue weighted by Gasteiger charge is -2.36. The van der Waals surface area contributed by atoms with E-state index in [0.717, 1.165) is 42.1 Å². The zero-order chi connectivity index (χ0) is 24.4. The lowest BCUT2D eigenvalue weighted by atomic mass is 10.1. The van der Waals surface area contributed by atoms with Gasteiger partial charge in [-0.2, -0.15) is 0 Å². The Morgan fingerprint density at radius 1 is 1.06 bits per heavy atom. The molecule has 2 amide bonds. The number of carbonyl (C=O) groups excluding carboxylic acids is 1. The number of carbonyl (C=O) groups is 1. The summed E-state index contributed by atoms with van der Waals surface area (Å²) in [4.78, 5) is 35.1. The topological polar surface area (TPSA) is 100 Å². The van der Waals surface area contributed by atoms with Gasteiger partial charge in [0, 0.05) is 43.3 Å². The van der Waals surface area contributed by atoms with Crippen LogP contribution in [0, 0.1) is 13.8 Å². The smallest absolute Gasteiger partial charge is 0.327 e. The van der Waals surface area contributed by atoms with Gasteiger partial charge >= 0.3 is 6.03 Å². The number of amides is 2. The number of hydrogen-bond donors (Lipinski definition) is 1. The van der Waals surface area contributed by atoms with Crippen LogP contribution in [0.3, 0.4) is 0 Å². The van der Waals surface area contributed by atoms with Gasteiger partial charge in [0.1, 0.15) is 5.76 Å². The van der Waals surface area contributed by atoms with Gasteiger partial charge in [0.05, 0.1) is 35.0 Å². The van der Waals surface area contributed by atoms with Crippen molar-refractivity contribution in [1.29, 1.82) is 0 Å². The monoisotopic (exact) mass is 469 g/mol. The van der Waals surface area contributed by atoms with Crippen LogP contribution in [0.15, 0.2) is 59.5 Å². The van der Waals surface area contributed by atoms with E-state index in [1.54, 1.807) is 35.8 Å². The van der Waals surface area contributed by atoms with E-state index in [0.29, 0.717) is 35.3 Å². The molecule has 1 aliphatic heterocycles. The molecule has 1 aliphatic rings. The number of hydrogen-bond acceptors (Lipinski definition) is 7. The van der Waals surface area contributed by atoms with Gasteiger partial charge in [-0.15, -0.1) is 0 Å². The van der Waals surface area contributed by atoms with Crippen LogP contribution in [-0.4, -0.2) is 45.6 Å². The van der Waals surface area contributed by atoms with Gasteiger partial charge in [-0.05, 0) is 50.6 Å². The molecule has 0 spiro atoms. The van der Waals surface area contributed by atoms with Crippen molar-refractivity contribution in [2.75, 3.05) is 34.8 Å². The molecule has 0 atom stereocenters. The first kappa shape index (κ1) is 22.5. The summed E-state index contributed by atoms with van der Waals surface area (Å²) in [6.07, 6.45) is 7.70. The van der Waals surface area contributed by atoms with Crippen LogP contribution in [0.4, 0.5) is 22.0 Å². The number of pyridine rings is 3. The van der Waals surface area contributed by atoms with E-state index in [-0.39, 0.29) is 6.03 Å². The predicted octanol–water partition coefficient (Wildman–Crippen LogP) is 5.08. The van der Waals surface area contributed by atoms with E-state index in [1.165, 1.54) is 0 Å². The zero-order valence-electron chi connectivity index (χ0n) is 20.0. The van der Waals surface area contributed by atoms with Crippen molar-refractivity contribution >= 4 is 23.2 Å². The van der Waals surface area contributed by atoms with Crippen molar-refractivity contribution in [3.05, 3.63) is 66.6 Å². The van der Waals surface area contributed by atoms with Crippen molar-refractivity contribution in [3.63, 3.8) is 0 Å². The van der Waals surface area contributed by atoms with Gasteiger partial charge in [-0.25, -0.2) is 14.8 Å². The van der Waals surface area contributed by atoms with Crippen molar-refractivity contribution in [2.24, 2.45) is 0 Å². The van der Waals surface area contributed by atoms with Gasteiger partial charge in [0.2, 0.25) is 5.89 Å². The van der Waals surface area contributed by atoms with Crippen LogP contribution in [0.1, 0.15) is 24.8 Å². The van der Waals surface area contributed by atoms with E-state index in [9.17, 15) is 4.79 Å². The first-order valence-electron chi connectivity index (χ1n) is 11.7. The predicted molar refractivity (Wildman–Crippen MR) is 136 cm³/mol. The molecule has 0 saturated carbocycles. The fourth-order valence-corrected chi connectivity index (χ4v) is 4.20. The van der Waals surface area contributed by atoms with Gasteiger partial charge in [0.15, 0.2) is 5.82 Å². The van der Waals surface area contributed by atoms with Gasteiger partial charge in [-0.3, -0.25) is 14.9 Å². The Bertz CT molecular complexity index is 1370. The quantitative estimate of drug-likeness (QED) is 0.435. The second kappa shape index (κ2) is 9.54. The number of oxazole rings is 1. The maximum absolute atomic E-state index is 13.4. The Hall–Kier alpha value is -4.27. The van der Waals surface area contributed by atoms with Crippen molar-refractivity contribution in [1.82, 2.24) is 19.9 Å². The number of aryl methyl sites for hydroxylation is 2. The lowest BCUT2D eigenvalue weighted by molar-refractivity contribution is 0.256. The highest BCUT2D eigenvalue weighted by molar-refractivity contribution is 6.04. The van der Waals surface area contributed by atoms with Crippen LogP contribution in [0.2, 0.25) is 0 Å². The molecule has 0 unspecified atom stereocenters. The van der Waals surface area contributed by atoms with E-state index >= 15 is 0 Å². The molecule has 178 valence electrons. The van der Waals surface area contributed by atoms with Crippen LogP contribution in [-0.2, 0) is 0 Å². The molecule has 9 heteroatoms. The van der Waals surface area contributed by atoms with E-state index in [4.69, 9.17) is 9.40 Å². The normalized spacial score (nSPS) is 13.0. The van der Waals surface area contributed by atoms with E-state index in [1.807, 2.05) is 32.0 Å². The molecule has 35 heavy (non-hydrogen) atoms. The van der Waals surface area contributed by atoms with Crippen molar-refractivity contribution in [3.8, 4) is 22.7 Å². The van der Waals surface area contributed by atoms with Gasteiger partial charge in [0.25, 0.3) is 0 Å². The molecular formula is C26H27N7O2. The lowest BCUT2D eigenvalue weighted by Crippen LogP contribution is -2.46. The summed E-state index contributed by atoms with van der Waals surface area (Å²) >= 11 is 0. The Balaban J connectivity index is 1.45. The first-order chi connectivity index (χ1) is 17.0. The molecule has 4 aromatic rings. The van der Waals surface area contributed by atoms with Gasteiger partial charge < -0.3 is 14.6 Å². The molecule has 0 radical (unpaired) electrons. The Morgan fingerprint density at radius 2 is 1.94 bits per heavy atom. The average Bonchev–Trinajstić information content (AvgIpc) is 3.30. The van der Waals surface area contributed by atoms with Crippen LogP contribution >= 0.6 is 0 Å². The minimum absolute atomic E-state index is 0.263. The fraction of sp³-hybridized carbons (Fsp3) is 0.269. The van der Waals surface area contributed by atoms with E-state index in [2.05, 4.69) is 38.2 Å². The summed E-state index contributed by atoms with van der Waals surface area (Å²) in [6, 6.07) is 9.52. The van der Waals surface area contributed by atoms with Gasteiger partial charge in [-0.1, -0.05) is 6.92 Å². The Morgan fingerprint density at radius 3 is 2.71 bits per heavy atom. The first-order valence-corrected chi connectivity index (χ1v) is 11.7. The summed E-state index contributed by atoms with van der Waals surface area (Å²) in [5, 5.41) is 2.97. The van der Waals surface area contributed by atoms with Crippen molar-refractivity contribution < 1.29 is 9.21 Å². The van der Waals surface area contributed by atoms with Crippen molar-refractivity contribution in [2.45, 2.75) is 27.2 Å². The molecule has 0 saturated heterocycles. The van der Waals surface area contributed by atoms with Crippen LogP contribution in [0.25, 0.3) is 22.7 Å². The zero-order valence-corrected chi connectivity index (χ0v) is 20.0. The molecule has 1 N–H and O–H groups in total. The summed E-state index contributed by atoms with van der Waals surface area (Å²) in [6.45, 7) is 8.09. The summed E-state index contributed by atoms with van der Waals surface area (Å²) in [5.74, 6) is 1.81. The third-order valence-corrected chi connectivity index (χ3v) is 5.83. The second-order valence-corrected chi connectivity index (χ2v) is 8.53. The average molecular weight is 470 g/mol. The van der Waals surface area contributed by atoms with Crippen LogP contribution < -0.4 is 15.1 Å². The maximum atomic E-state index is 13.4. The highest BCUT2D eigenvalue weighted by atomic mass is 16.4. The summed E-state index contributed by atoms with van der Waals surface area (Å²) < 4.78 is 5.60. The molecule has 0 fully saturated rings. The number of fused-ring (bicyclic) bond motifs is 1. The Kier molecular flexibility index (Phi) is 6.13. The standard InChI is InChI=1S/C26H27N7O2/c1-4-9-32-10-11-33(24-23(32)6-5-22(31-24)19-7-8-28-17(2)12-19)26(34)30-21-13-20(15-27-16-21)25-29-14-18(3)35-25/h5-8,12-16H,4,9-11H2,1-3H3,(H,30,34). The minimum atomic E-state index is -0.263. The number of nitrogens with one attached hydrogen (secondary N) is 1. The molecule has 5 heterocycles. The molecule has 0 aromatic carbocycles. The minimum Gasteiger partial charge on any atom is -0.441 e. The Labute approximate surface area is 203 Å². The molecule has 5 rings (SSSR count). The molecule has 0 bridgehead atoms. The maximum Gasteiger partial charge on any atom is 0.327 e. The van der Waals surface area contributed by atoms with E-state index < -0.39 is 0 Å². The largest absolute Gasteiger partial charge is 0.441 e. The summed E-state index contributed by atoms with van der Waals surface area (Å²) in [7, 11) is 0. The number of urea groups is 1. The summed E-state index contributed by atoms with van der Waals surface area (Å²) in [5.41, 5.74) is 4.88. The molecule has 4 aromatic heterocycles. The van der Waals surface area contributed by atoms with Crippen LogP contribution in [0.5, 0.6) is 0 Å². The molecule has 0 aliphatic carbocycles. The number of rotatable bonds is 5. The third-order valence-electron chi connectivity index (χ3n) is 5.83. The number of anilines is 3. The molecule has 9 nitrogen and oxygen atoms in total. The fourth-order valence-electron chi connectivity index (χ4n) is 4.20. The number of nitrogens with zero attached hydrogens (tertiary/aromatic N) is 6. The highest BCUT2D eigenvalue weighted by Gasteiger charge is 2.29. The SMILES string of the molecule is CCCN1CCN(C(=O)Nc2cncc(-c3ncc(C)o3)c2)c2nc(-c3ccnc(C)c3)ccc21. The molecular weight excluding hydrogens is 442 g/mol. The highest BCUT2D eigenvalue weighted by Crippen LogP contribution is 2.34. The number of aromatic nitrogens is 4. The third kappa shape index (κ3) is 4.70. The second-order valence-electron chi connectivity index (χ2n) is 8.53.